The van der Waals surface area contributed by atoms with E-state index in [1.54, 1.807) is 18.2 Å². The van der Waals surface area contributed by atoms with Crippen LogP contribution in [0.25, 0.3) is 22.3 Å². The Bertz CT molecular complexity index is 1870. The van der Waals surface area contributed by atoms with Gasteiger partial charge in [0.1, 0.15) is 11.3 Å². The summed E-state index contributed by atoms with van der Waals surface area (Å²) < 4.78 is 45.2. The molecule has 4 aromatic rings. The average Bonchev–Trinajstić information content (AvgIpc) is 3.43. The van der Waals surface area contributed by atoms with Crippen molar-refractivity contribution in [3.63, 3.8) is 0 Å². The van der Waals surface area contributed by atoms with E-state index in [0.717, 1.165) is 19.2 Å². The summed E-state index contributed by atoms with van der Waals surface area (Å²) in [5, 5.41) is 22.4. The van der Waals surface area contributed by atoms with E-state index in [4.69, 9.17) is 13.9 Å². The Hall–Kier alpha value is -4.82. The van der Waals surface area contributed by atoms with Crippen molar-refractivity contribution < 1.29 is 32.3 Å². The second-order valence-electron chi connectivity index (χ2n) is 9.69. The van der Waals surface area contributed by atoms with Gasteiger partial charge >= 0.3 is 0 Å². The number of nitro benzene ring substituents is 1. The summed E-state index contributed by atoms with van der Waals surface area (Å²) in [6, 6.07) is 12.6. The second kappa shape index (κ2) is 9.98. The molecule has 6 rings (SSSR count). The zero-order valence-corrected chi connectivity index (χ0v) is 22.5. The standard InChI is InChI=1S/C27H24N4O9S/c1-29-8-10-30(11-9-29)20-5-4-18(14-21(20)31(34)35)41(36,37)28-17-3-7-22-19(13-17)25(32)26(33)27(40-22)16-2-6-23-24(12-16)39-15-38-23/h2-7,12-14,28,33H,8-11,15H2,1H3. The zero-order valence-electron chi connectivity index (χ0n) is 21.7. The van der Waals surface area contributed by atoms with E-state index in [1.807, 2.05) is 11.9 Å². The Morgan fingerprint density at radius 1 is 0.976 bits per heavy atom. The fourth-order valence-electron chi connectivity index (χ4n) is 4.83. The van der Waals surface area contributed by atoms with Gasteiger partial charge in [-0.25, -0.2) is 8.42 Å². The molecule has 2 aliphatic rings. The molecule has 2 N–H and O–H groups in total. The number of ether oxygens (including phenoxy) is 2. The highest BCUT2D eigenvalue weighted by molar-refractivity contribution is 7.92. The molecule has 0 amide bonds. The van der Waals surface area contributed by atoms with Crippen molar-refractivity contribution in [1.82, 2.24) is 4.90 Å². The Labute approximate surface area is 233 Å². The van der Waals surface area contributed by atoms with Crippen LogP contribution >= 0.6 is 0 Å². The van der Waals surface area contributed by atoms with Gasteiger partial charge in [-0.3, -0.25) is 19.6 Å². The van der Waals surface area contributed by atoms with Gasteiger partial charge in [0.05, 0.1) is 15.2 Å². The van der Waals surface area contributed by atoms with Gasteiger partial charge in [0.15, 0.2) is 17.3 Å². The van der Waals surface area contributed by atoms with Crippen LogP contribution < -0.4 is 24.5 Å². The summed E-state index contributed by atoms with van der Waals surface area (Å²) in [5.74, 6) is 0.215. The molecule has 14 heteroatoms. The van der Waals surface area contributed by atoms with Gasteiger partial charge in [0, 0.05) is 43.5 Å². The predicted molar refractivity (Wildman–Crippen MR) is 149 cm³/mol. The number of fused-ring (bicyclic) bond motifs is 2. The summed E-state index contributed by atoms with van der Waals surface area (Å²) in [4.78, 5) is 27.9. The molecule has 0 saturated carbocycles. The third kappa shape index (κ3) is 4.87. The molecule has 3 aromatic carbocycles. The second-order valence-corrected chi connectivity index (χ2v) is 11.4. The van der Waals surface area contributed by atoms with Crippen molar-refractivity contribution in [2.24, 2.45) is 0 Å². The topological polar surface area (TPSA) is 165 Å². The first-order chi connectivity index (χ1) is 19.6. The van der Waals surface area contributed by atoms with Crippen molar-refractivity contribution in [1.29, 1.82) is 0 Å². The lowest BCUT2D eigenvalue weighted by Gasteiger charge is -2.33. The molecule has 1 fully saturated rings. The molecule has 0 spiro atoms. The van der Waals surface area contributed by atoms with Crippen LogP contribution in [-0.2, 0) is 10.0 Å². The molecule has 13 nitrogen and oxygen atoms in total. The molecule has 1 saturated heterocycles. The lowest BCUT2D eigenvalue weighted by molar-refractivity contribution is -0.384. The molecule has 0 radical (unpaired) electrons. The van der Waals surface area contributed by atoms with Gasteiger partial charge in [-0.1, -0.05) is 0 Å². The van der Waals surface area contributed by atoms with Gasteiger partial charge in [0.2, 0.25) is 18.0 Å². The number of hydrogen-bond donors (Lipinski definition) is 2. The van der Waals surface area contributed by atoms with Gasteiger partial charge in [-0.15, -0.1) is 0 Å². The zero-order chi connectivity index (χ0) is 28.9. The maximum atomic E-state index is 13.2. The highest BCUT2D eigenvalue weighted by atomic mass is 32.2. The summed E-state index contributed by atoms with van der Waals surface area (Å²) >= 11 is 0. The van der Waals surface area contributed by atoms with Crippen molar-refractivity contribution in [3.05, 3.63) is 74.9 Å². The van der Waals surface area contributed by atoms with Crippen LogP contribution in [0.4, 0.5) is 17.1 Å². The third-order valence-electron chi connectivity index (χ3n) is 7.05. The molecular weight excluding hydrogens is 556 g/mol. The Morgan fingerprint density at radius 2 is 1.73 bits per heavy atom. The van der Waals surface area contributed by atoms with E-state index in [1.165, 1.54) is 30.3 Å². The predicted octanol–water partition coefficient (Wildman–Crippen LogP) is 3.36. The van der Waals surface area contributed by atoms with Crippen molar-refractivity contribution in [2.75, 3.05) is 49.6 Å². The minimum absolute atomic E-state index is 0.00540. The van der Waals surface area contributed by atoms with E-state index in [9.17, 15) is 28.4 Å². The van der Waals surface area contributed by atoms with Crippen LogP contribution in [0, 0.1) is 10.1 Å². The summed E-state index contributed by atoms with van der Waals surface area (Å²) in [6.07, 6.45) is 0. The first kappa shape index (κ1) is 26.4. The summed E-state index contributed by atoms with van der Waals surface area (Å²) in [7, 11) is -2.31. The molecule has 0 bridgehead atoms. The molecule has 0 unspecified atom stereocenters. The number of piperazine rings is 1. The minimum atomic E-state index is -4.28. The Kier molecular flexibility index (Phi) is 6.43. The number of aromatic hydroxyl groups is 1. The first-order valence-corrected chi connectivity index (χ1v) is 14.0. The lowest BCUT2D eigenvalue weighted by atomic mass is 10.1. The van der Waals surface area contributed by atoms with Crippen molar-refractivity contribution in [3.8, 4) is 28.6 Å². The van der Waals surface area contributed by atoms with Crippen LogP contribution in [-0.4, -0.2) is 63.4 Å². The largest absolute Gasteiger partial charge is 0.502 e. The average molecular weight is 581 g/mol. The van der Waals surface area contributed by atoms with Crippen LogP contribution in [0.2, 0.25) is 0 Å². The molecule has 0 atom stereocenters. The maximum absolute atomic E-state index is 13.2. The number of rotatable bonds is 6. The lowest BCUT2D eigenvalue weighted by Crippen LogP contribution is -2.44. The Balaban J connectivity index is 1.31. The number of sulfonamides is 1. The fourth-order valence-corrected chi connectivity index (χ4v) is 5.90. The van der Waals surface area contributed by atoms with Gasteiger partial charge in [-0.2, -0.15) is 0 Å². The van der Waals surface area contributed by atoms with E-state index < -0.39 is 26.1 Å². The maximum Gasteiger partial charge on any atom is 0.293 e. The summed E-state index contributed by atoms with van der Waals surface area (Å²) in [5.41, 5.74) is -0.248. The van der Waals surface area contributed by atoms with Gasteiger partial charge in [0.25, 0.3) is 15.7 Å². The van der Waals surface area contributed by atoms with Crippen LogP contribution in [0.3, 0.4) is 0 Å². The molecule has 41 heavy (non-hydrogen) atoms. The molecule has 3 heterocycles. The van der Waals surface area contributed by atoms with Gasteiger partial charge in [-0.05, 0) is 55.6 Å². The van der Waals surface area contributed by atoms with Gasteiger partial charge < -0.3 is 28.8 Å². The number of hydrogen-bond acceptors (Lipinski definition) is 11. The molecular formula is C27H24N4O9S. The van der Waals surface area contributed by atoms with E-state index in [0.29, 0.717) is 35.8 Å². The molecule has 1 aromatic heterocycles. The highest BCUT2D eigenvalue weighted by Crippen LogP contribution is 2.39. The van der Waals surface area contributed by atoms with Crippen LogP contribution in [0.5, 0.6) is 17.2 Å². The highest BCUT2D eigenvalue weighted by Gasteiger charge is 2.27. The first-order valence-electron chi connectivity index (χ1n) is 12.6. The molecule has 212 valence electrons. The van der Waals surface area contributed by atoms with Crippen molar-refractivity contribution in [2.45, 2.75) is 4.90 Å². The summed E-state index contributed by atoms with van der Waals surface area (Å²) in [6.45, 7) is 2.65. The monoisotopic (exact) mass is 580 g/mol. The SMILES string of the molecule is CN1CCN(c2ccc(S(=O)(=O)Nc3ccc4oc(-c5ccc6c(c5)OCO6)c(O)c(=O)c4c3)cc2[N+](=O)[O-])CC1. The van der Waals surface area contributed by atoms with E-state index >= 15 is 0 Å². The number of anilines is 2. The molecule has 0 aliphatic carbocycles. The fraction of sp³-hybridized carbons (Fsp3) is 0.222. The minimum Gasteiger partial charge on any atom is -0.502 e. The van der Waals surface area contributed by atoms with E-state index in [-0.39, 0.29) is 39.8 Å². The number of benzene rings is 3. The van der Waals surface area contributed by atoms with Crippen molar-refractivity contribution >= 4 is 38.1 Å². The number of likely N-dealkylation sites (N-methyl/N-ethyl adjacent to an activating group) is 1. The normalized spacial score (nSPS) is 15.3. The van der Waals surface area contributed by atoms with Crippen LogP contribution in [0.1, 0.15) is 0 Å². The smallest absolute Gasteiger partial charge is 0.293 e. The quantitative estimate of drug-likeness (QED) is 0.254. The third-order valence-corrected chi connectivity index (χ3v) is 8.43. The number of nitrogens with zero attached hydrogens (tertiary/aromatic N) is 3. The number of nitro groups is 1. The number of nitrogens with one attached hydrogen (secondary N) is 1. The Morgan fingerprint density at radius 3 is 2.49 bits per heavy atom. The molecule has 2 aliphatic heterocycles. The van der Waals surface area contributed by atoms with Crippen LogP contribution in [0.15, 0.2) is 68.7 Å². The van der Waals surface area contributed by atoms with E-state index in [2.05, 4.69) is 9.62 Å².